The van der Waals surface area contributed by atoms with E-state index in [1.807, 2.05) is 29.2 Å². The Morgan fingerprint density at radius 3 is 2.45 bits per heavy atom. The molecule has 6 rings (SSSR count). The van der Waals surface area contributed by atoms with Gasteiger partial charge in [-0.2, -0.15) is 0 Å². The lowest BCUT2D eigenvalue weighted by Crippen LogP contribution is -2.58. The van der Waals surface area contributed by atoms with Crippen LogP contribution in [0.25, 0.3) is 5.69 Å². The van der Waals surface area contributed by atoms with Gasteiger partial charge in [0.25, 0.3) is 5.91 Å². The molecule has 9 nitrogen and oxygen atoms in total. The first-order chi connectivity index (χ1) is 19.5. The van der Waals surface area contributed by atoms with Crippen LogP contribution in [0, 0.1) is 5.82 Å². The summed E-state index contributed by atoms with van der Waals surface area (Å²) in [6, 6.07) is 14.4. The number of fused-ring (bicyclic) bond motifs is 2. The van der Waals surface area contributed by atoms with Crippen LogP contribution < -0.4 is 10.6 Å². The minimum absolute atomic E-state index is 0.00759. The lowest BCUT2D eigenvalue weighted by Gasteiger charge is -2.40. The van der Waals surface area contributed by atoms with Crippen molar-refractivity contribution in [3.8, 4) is 5.69 Å². The Labute approximate surface area is 233 Å². The topological polar surface area (TPSA) is 95.4 Å². The second-order valence-electron chi connectivity index (χ2n) is 11.3. The number of carbonyl (C=O) groups is 2. The highest BCUT2D eigenvalue weighted by Gasteiger charge is 2.41. The largest absolute Gasteiger partial charge is 0.340 e. The molecule has 2 bridgehead atoms. The van der Waals surface area contributed by atoms with Gasteiger partial charge in [0.2, 0.25) is 5.91 Å². The van der Waals surface area contributed by atoms with E-state index in [0.717, 1.165) is 43.5 Å². The molecule has 40 heavy (non-hydrogen) atoms. The van der Waals surface area contributed by atoms with Crippen molar-refractivity contribution in [2.45, 2.75) is 62.2 Å². The van der Waals surface area contributed by atoms with Crippen LogP contribution in [0.2, 0.25) is 0 Å². The van der Waals surface area contributed by atoms with Gasteiger partial charge in [-0.1, -0.05) is 17.3 Å². The molecule has 2 aliphatic heterocycles. The predicted octanol–water partition coefficient (Wildman–Crippen LogP) is 2.74. The summed E-state index contributed by atoms with van der Waals surface area (Å²) in [5.74, 6) is -0.0643. The summed E-state index contributed by atoms with van der Waals surface area (Å²) in [6.07, 6.45) is 7.91. The number of nitrogens with zero attached hydrogens (tertiary/aromatic N) is 5. The highest BCUT2D eigenvalue weighted by Crippen LogP contribution is 2.40. The standard InChI is InChI=1S/C30H36FN7O2/c1-36-24-12-13-25(36)19-37(18-24)30(40)27(3-2-14-32-28-17-26(28)20-4-8-22(31)9-5-20)34-29(39)21-6-10-23(11-7-21)38-16-15-33-35-38/h4-11,15-16,24-28,32H,2-3,12-14,17-19H2,1H3,(H,34,39)/t24?,25?,26-,27-,28+/m0/s1. The molecule has 2 N–H and O–H groups in total. The summed E-state index contributed by atoms with van der Waals surface area (Å²) in [5.41, 5.74) is 2.46. The molecule has 3 aromatic rings. The first-order valence-corrected chi connectivity index (χ1v) is 14.2. The van der Waals surface area contributed by atoms with E-state index in [4.69, 9.17) is 0 Å². The molecule has 0 spiro atoms. The monoisotopic (exact) mass is 545 g/mol. The molecule has 1 aromatic heterocycles. The Kier molecular flexibility index (Phi) is 7.62. The number of nitrogens with one attached hydrogen (secondary N) is 2. The number of halogens is 1. The first-order valence-electron chi connectivity index (χ1n) is 14.2. The number of rotatable bonds is 10. The van der Waals surface area contributed by atoms with Crippen molar-refractivity contribution < 1.29 is 14.0 Å². The van der Waals surface area contributed by atoms with Crippen molar-refractivity contribution in [3.63, 3.8) is 0 Å². The number of likely N-dealkylation sites (tertiary alicyclic amines) is 1. The minimum Gasteiger partial charge on any atom is -0.340 e. The number of amides is 2. The van der Waals surface area contributed by atoms with Crippen LogP contribution >= 0.6 is 0 Å². The molecular weight excluding hydrogens is 509 g/mol. The highest BCUT2D eigenvalue weighted by molar-refractivity contribution is 5.97. The van der Waals surface area contributed by atoms with Gasteiger partial charge in [0.15, 0.2) is 0 Å². The summed E-state index contributed by atoms with van der Waals surface area (Å²) in [6.45, 7) is 2.18. The summed E-state index contributed by atoms with van der Waals surface area (Å²) in [5, 5.41) is 14.4. The Morgan fingerprint density at radius 2 is 1.77 bits per heavy atom. The molecule has 10 heteroatoms. The van der Waals surface area contributed by atoms with Crippen molar-refractivity contribution in [2.24, 2.45) is 0 Å². The van der Waals surface area contributed by atoms with Gasteiger partial charge < -0.3 is 15.5 Å². The fraction of sp³-hybridized carbons (Fsp3) is 0.467. The Bertz CT molecular complexity index is 1300. The number of hydrogen-bond donors (Lipinski definition) is 2. The quantitative estimate of drug-likeness (QED) is 0.381. The van der Waals surface area contributed by atoms with Gasteiger partial charge in [0.1, 0.15) is 11.9 Å². The SMILES string of the molecule is CN1C2CCC1CN(C(=O)[C@H](CCCN[C@@H]1C[C@H]1c1ccc(F)cc1)NC(=O)c1ccc(-n3ccnn3)cc1)C2. The first kappa shape index (κ1) is 26.6. The van der Waals surface area contributed by atoms with Gasteiger partial charge in [0, 0.05) is 42.7 Å². The maximum atomic E-state index is 13.7. The van der Waals surface area contributed by atoms with E-state index >= 15 is 0 Å². The van der Waals surface area contributed by atoms with Crippen LogP contribution in [0.5, 0.6) is 0 Å². The molecule has 2 aromatic carbocycles. The normalized spacial score (nSPS) is 24.6. The van der Waals surface area contributed by atoms with E-state index < -0.39 is 6.04 Å². The molecule has 2 amide bonds. The van der Waals surface area contributed by atoms with E-state index in [2.05, 4.69) is 32.9 Å². The van der Waals surface area contributed by atoms with E-state index in [1.54, 1.807) is 29.2 Å². The number of benzene rings is 2. The third kappa shape index (κ3) is 5.78. The van der Waals surface area contributed by atoms with Crippen molar-refractivity contribution in [2.75, 3.05) is 26.7 Å². The van der Waals surface area contributed by atoms with Gasteiger partial charge >= 0.3 is 0 Å². The van der Waals surface area contributed by atoms with Crippen molar-refractivity contribution in [1.82, 2.24) is 35.4 Å². The van der Waals surface area contributed by atoms with E-state index in [-0.39, 0.29) is 17.6 Å². The Morgan fingerprint density at radius 1 is 1.05 bits per heavy atom. The van der Waals surface area contributed by atoms with E-state index in [9.17, 15) is 14.0 Å². The highest BCUT2D eigenvalue weighted by atomic mass is 19.1. The molecule has 3 heterocycles. The average Bonchev–Trinajstić information content (AvgIpc) is 3.47. The van der Waals surface area contributed by atoms with Gasteiger partial charge in [0.05, 0.1) is 18.1 Å². The zero-order valence-corrected chi connectivity index (χ0v) is 22.7. The fourth-order valence-corrected chi connectivity index (χ4v) is 6.22. The van der Waals surface area contributed by atoms with Crippen LogP contribution in [0.1, 0.15) is 53.9 Å². The lowest BCUT2D eigenvalue weighted by atomic mass is 10.1. The molecule has 1 aliphatic carbocycles. The second kappa shape index (κ2) is 11.5. The molecule has 5 atom stereocenters. The fourth-order valence-electron chi connectivity index (χ4n) is 6.22. The zero-order chi connectivity index (χ0) is 27.6. The molecule has 0 radical (unpaired) electrons. The van der Waals surface area contributed by atoms with Gasteiger partial charge in [-0.3, -0.25) is 14.5 Å². The third-order valence-electron chi connectivity index (χ3n) is 8.74. The molecule has 2 saturated heterocycles. The van der Waals surface area contributed by atoms with E-state index in [0.29, 0.717) is 49.1 Å². The molecule has 210 valence electrons. The van der Waals surface area contributed by atoms with Gasteiger partial charge in [-0.15, -0.1) is 5.10 Å². The summed E-state index contributed by atoms with van der Waals surface area (Å²) < 4.78 is 14.9. The van der Waals surface area contributed by atoms with Gasteiger partial charge in [-0.25, -0.2) is 9.07 Å². The zero-order valence-electron chi connectivity index (χ0n) is 22.7. The van der Waals surface area contributed by atoms with Crippen molar-refractivity contribution in [3.05, 3.63) is 77.9 Å². The third-order valence-corrected chi connectivity index (χ3v) is 8.74. The number of hydrogen-bond acceptors (Lipinski definition) is 6. The second-order valence-corrected chi connectivity index (χ2v) is 11.3. The van der Waals surface area contributed by atoms with Crippen LogP contribution in [0.3, 0.4) is 0 Å². The molecular formula is C30H36FN7O2. The molecule has 3 fully saturated rings. The van der Waals surface area contributed by atoms with Crippen molar-refractivity contribution in [1.29, 1.82) is 0 Å². The molecule has 1 saturated carbocycles. The predicted molar refractivity (Wildman–Crippen MR) is 149 cm³/mol. The average molecular weight is 546 g/mol. The van der Waals surface area contributed by atoms with Crippen LogP contribution in [0.4, 0.5) is 4.39 Å². The number of aromatic nitrogens is 3. The Balaban J connectivity index is 1.07. The smallest absolute Gasteiger partial charge is 0.251 e. The maximum Gasteiger partial charge on any atom is 0.251 e. The van der Waals surface area contributed by atoms with Crippen LogP contribution in [0.15, 0.2) is 60.9 Å². The molecule has 2 unspecified atom stereocenters. The summed E-state index contributed by atoms with van der Waals surface area (Å²) >= 11 is 0. The van der Waals surface area contributed by atoms with Crippen molar-refractivity contribution >= 4 is 11.8 Å². The summed E-state index contributed by atoms with van der Waals surface area (Å²) in [7, 11) is 2.15. The maximum absolute atomic E-state index is 13.7. The molecule has 3 aliphatic rings. The number of carbonyl (C=O) groups excluding carboxylic acids is 2. The van der Waals surface area contributed by atoms with E-state index in [1.165, 1.54) is 12.1 Å². The van der Waals surface area contributed by atoms with Gasteiger partial charge in [-0.05, 0) is 87.7 Å². The van der Waals surface area contributed by atoms with Crippen LogP contribution in [-0.4, -0.2) is 87.5 Å². The summed E-state index contributed by atoms with van der Waals surface area (Å²) in [4.78, 5) is 31.3. The Hall–Kier alpha value is -3.63. The number of piperazine rings is 1. The lowest BCUT2D eigenvalue weighted by molar-refractivity contribution is -0.136. The van der Waals surface area contributed by atoms with Crippen LogP contribution in [-0.2, 0) is 4.79 Å². The number of likely N-dealkylation sites (N-methyl/N-ethyl adjacent to an activating group) is 1. The minimum atomic E-state index is -0.584.